The summed E-state index contributed by atoms with van der Waals surface area (Å²) in [6, 6.07) is 17.9. The van der Waals surface area contributed by atoms with Crippen LogP contribution in [0.3, 0.4) is 0 Å². The molecule has 0 aliphatic heterocycles. The molecule has 0 aliphatic rings. The fourth-order valence-electron chi connectivity index (χ4n) is 1.42. The van der Waals surface area contributed by atoms with Crippen molar-refractivity contribution in [2.45, 2.75) is 19.8 Å². The molecule has 0 saturated carbocycles. The molecular weight excluding hydrogens is 690 g/mol. The number of carboxylic acids is 3. The Morgan fingerprint density at radius 1 is 0.696 bits per heavy atom. The first-order chi connectivity index (χ1) is 17.0. The average molecular weight is 714 g/mol. The van der Waals surface area contributed by atoms with Crippen molar-refractivity contribution in [1.82, 2.24) is 0 Å². The van der Waals surface area contributed by atoms with Gasteiger partial charge in [0.15, 0.2) is 12.6 Å². The van der Waals surface area contributed by atoms with E-state index >= 15 is 0 Å². The minimum absolute atomic E-state index is 0. The van der Waals surface area contributed by atoms with Crippen molar-refractivity contribution >= 4 is 42.9 Å². The second-order valence-electron chi connectivity index (χ2n) is 5.29. The van der Waals surface area contributed by atoms with Gasteiger partial charge in [0.2, 0.25) is 6.29 Å². The second-order valence-corrected chi connectivity index (χ2v) is 5.29. The van der Waals surface area contributed by atoms with Gasteiger partial charge in [0.05, 0.1) is 0 Å². The molecule has 8 N–H and O–H groups in total. The van der Waals surface area contributed by atoms with Gasteiger partial charge in [-0.05, 0) is 0 Å². The van der Waals surface area contributed by atoms with Crippen molar-refractivity contribution in [3.63, 3.8) is 0 Å². The van der Waals surface area contributed by atoms with E-state index in [-0.39, 0.29) is 238 Å². The maximum absolute atomic E-state index is 9.94. The molecule has 24 heteroatoms. The van der Waals surface area contributed by atoms with E-state index in [0.29, 0.717) is 11.1 Å². The maximum atomic E-state index is 9.94. The number of carbonyl (C=O) groups is 7. The third-order valence-electron chi connectivity index (χ3n) is 2.69. The first kappa shape index (κ1) is 86.0. The van der Waals surface area contributed by atoms with E-state index in [9.17, 15) is 9.90 Å². The number of aliphatic carboxylic acids is 3. The number of benzene rings is 2. The molecule has 2 aromatic rings. The number of carboxylic acid groups (broad SMARTS) is 4. The zero-order valence-corrected chi connectivity index (χ0v) is 38.1. The predicted molar refractivity (Wildman–Crippen MR) is 118 cm³/mol. The molecule has 18 nitrogen and oxygen atoms in total. The monoisotopic (exact) mass is 714 g/mol. The van der Waals surface area contributed by atoms with E-state index in [1.165, 1.54) is 0 Å². The molecule has 0 fully saturated rings. The molecule has 0 amide bonds. The number of hydrogen-bond acceptors (Lipinski definition) is 16. The van der Waals surface area contributed by atoms with Crippen molar-refractivity contribution in [3.05, 3.63) is 71.3 Å². The van der Waals surface area contributed by atoms with Crippen LogP contribution in [0.5, 0.6) is 0 Å². The molecule has 0 aromatic heterocycles. The van der Waals surface area contributed by atoms with Gasteiger partial charge in [0, 0.05) is 19.8 Å². The van der Waals surface area contributed by atoms with Gasteiger partial charge in [-0.25, -0.2) is 4.79 Å². The summed E-state index contributed by atoms with van der Waals surface area (Å²) in [4.78, 5) is 63.3. The van der Waals surface area contributed by atoms with E-state index < -0.39 is 24.1 Å². The summed E-state index contributed by atoms with van der Waals surface area (Å²) in [6.45, 7) is -0.107. The standard InChI is InChI=1S/C9H9O4.C7H7O.3C2H2O3.6Na.4H2O/c10-5-7-2-1-3-8(4-7)6-13-9(11)12;8-6-7-4-2-1-3-5-7;3*3-1-2(4)5;;;;;;;;;;/h1,3-4,10H,5-6H2,(H,11,12);1-4,8H,6H2;3*1H,(H,4,5);;;;;;;4*1H2/q2*-1;;;;6*+1;;;;/p-6. The number of aldehydes is 3. The number of hydrogen-bond donors (Lipinski definition) is 3. The van der Waals surface area contributed by atoms with Crippen molar-refractivity contribution in [3.8, 4) is 0 Å². The second kappa shape index (κ2) is 64.4. The molecule has 0 heterocycles. The maximum Gasteiger partial charge on any atom is 1.00 e. The molecule has 0 unspecified atom stereocenters. The fraction of sp³-hybridized carbons (Fsp3) is 0.136. The summed E-state index contributed by atoms with van der Waals surface area (Å²) in [5, 5.41) is 52.3. The van der Waals surface area contributed by atoms with Crippen LogP contribution in [0.4, 0.5) is 4.79 Å². The van der Waals surface area contributed by atoms with Crippen molar-refractivity contribution in [1.29, 1.82) is 0 Å². The third kappa shape index (κ3) is 75.3. The molecule has 0 bridgehead atoms. The molecule has 228 valence electrons. The first-order valence-electron chi connectivity index (χ1n) is 8.98. The molecule has 0 atom stereocenters. The van der Waals surface area contributed by atoms with Crippen molar-refractivity contribution in [2.24, 2.45) is 0 Å². The minimum atomic E-state index is -1.68. The van der Waals surface area contributed by atoms with E-state index in [0.717, 1.165) is 5.56 Å². The summed E-state index contributed by atoms with van der Waals surface area (Å²) >= 11 is 0. The molecule has 0 spiro atoms. The Hall–Kier alpha value is 0.890. The van der Waals surface area contributed by atoms with Crippen LogP contribution in [0.2, 0.25) is 0 Å². The van der Waals surface area contributed by atoms with Crippen LogP contribution in [0, 0.1) is 12.1 Å². The van der Waals surface area contributed by atoms with Gasteiger partial charge in [-0.1, -0.05) is 0 Å². The fourth-order valence-corrected chi connectivity index (χ4v) is 1.42. The van der Waals surface area contributed by atoms with Crippen LogP contribution < -0.4 is 193 Å². The molecule has 0 saturated heterocycles. The smallest absolute Gasteiger partial charge is 0.870 e. The van der Waals surface area contributed by atoms with Gasteiger partial charge in [-0.3, -0.25) is 14.4 Å². The Morgan fingerprint density at radius 3 is 1.30 bits per heavy atom. The largest absolute Gasteiger partial charge is 1.00 e. The Labute approximate surface area is 396 Å². The van der Waals surface area contributed by atoms with Crippen LogP contribution in [-0.2, 0) is 53.3 Å². The minimum Gasteiger partial charge on any atom is -0.870 e. The molecule has 0 aliphatic carbocycles. The van der Waals surface area contributed by atoms with Crippen LogP contribution in [0.25, 0.3) is 0 Å². The van der Waals surface area contributed by atoms with Gasteiger partial charge in [-0.15, -0.1) is 16.7 Å². The van der Waals surface area contributed by atoms with Gasteiger partial charge in [0.1, 0.15) is 11.9 Å². The summed E-state index contributed by atoms with van der Waals surface area (Å²) in [5.74, 6) is -4.78. The van der Waals surface area contributed by atoms with Crippen molar-refractivity contribution in [2.75, 3.05) is 0 Å². The first-order valence-corrected chi connectivity index (χ1v) is 8.98. The topological polar surface area (TPSA) is 380 Å². The zero-order chi connectivity index (χ0) is 28.4. The van der Waals surface area contributed by atoms with Gasteiger partial charge in [-0.2, -0.15) is 54.6 Å². The third-order valence-corrected chi connectivity index (χ3v) is 2.69. The molecule has 2 aromatic carbocycles. The van der Waals surface area contributed by atoms with E-state index in [1.807, 2.05) is 18.2 Å². The molecular formula is C22H24Na6O18-2. The molecule has 46 heavy (non-hydrogen) atoms. The Morgan fingerprint density at radius 2 is 1.07 bits per heavy atom. The summed E-state index contributed by atoms with van der Waals surface area (Å²) in [6.07, 6.45) is -2.28. The van der Waals surface area contributed by atoms with Crippen LogP contribution in [0.1, 0.15) is 16.7 Å². The SMILES string of the molecule is O.O=C([O-])OCc1cc[c-]c(CO)c1.O=CC(=O)O.O=CC(=O)[O-].O=CC(=O)[O-].OCc1[c-]cccc1.[Na+].[Na+].[Na+].[Na+].[Na+].[Na+].[OH-].[OH-].[OH-]. The van der Waals surface area contributed by atoms with E-state index in [1.54, 1.807) is 24.3 Å². The van der Waals surface area contributed by atoms with Crippen LogP contribution >= 0.6 is 0 Å². The Balaban J connectivity index is -0.0000000269. The van der Waals surface area contributed by atoms with Crippen LogP contribution in [0.15, 0.2) is 42.5 Å². The quantitative estimate of drug-likeness (QED) is 0.0787. The summed E-state index contributed by atoms with van der Waals surface area (Å²) in [7, 11) is 0. The van der Waals surface area contributed by atoms with E-state index in [2.05, 4.69) is 16.9 Å². The van der Waals surface area contributed by atoms with Crippen LogP contribution in [-0.4, -0.2) is 80.1 Å². The summed E-state index contributed by atoms with van der Waals surface area (Å²) < 4.78 is 4.24. The predicted octanol–water partition coefficient (Wildman–Crippen LogP) is -23.4. The zero-order valence-electron chi connectivity index (χ0n) is 26.1. The number of ether oxygens (including phenoxy) is 1. The average Bonchev–Trinajstić information content (AvgIpc) is 2.89. The number of carbonyl (C=O) groups excluding carboxylic acids is 6. The van der Waals surface area contributed by atoms with E-state index in [4.69, 9.17) is 54.3 Å². The van der Waals surface area contributed by atoms with Gasteiger partial charge < -0.3 is 71.7 Å². The van der Waals surface area contributed by atoms with Gasteiger partial charge >= 0.3 is 183 Å². The number of aliphatic hydroxyl groups excluding tert-OH is 2. The Kier molecular flexibility index (Phi) is 120. The molecule has 2 rings (SSSR count). The number of rotatable bonds is 7. The summed E-state index contributed by atoms with van der Waals surface area (Å²) in [5.41, 5.74) is 2.10. The van der Waals surface area contributed by atoms with Crippen molar-refractivity contribution < 1.29 is 268 Å². The van der Waals surface area contributed by atoms with Gasteiger partial charge in [0.25, 0.3) is 6.16 Å². The number of aliphatic hydroxyl groups is 2. The molecule has 0 radical (unpaired) electrons. The Bertz CT molecular complexity index is 929. The normalized spacial score (nSPS) is 6.39.